The fourth-order valence-electron chi connectivity index (χ4n) is 3.18. The Morgan fingerprint density at radius 1 is 1.12 bits per heavy atom. The zero-order valence-electron chi connectivity index (χ0n) is 14.1. The molecule has 144 valence electrons. The first-order valence-corrected chi connectivity index (χ1v) is 8.32. The van der Waals surface area contributed by atoms with E-state index >= 15 is 0 Å². The topological polar surface area (TPSA) is 43.4 Å². The van der Waals surface area contributed by atoms with Crippen LogP contribution in [0.4, 0.5) is 22.0 Å². The minimum atomic E-state index is -4.27. The van der Waals surface area contributed by atoms with E-state index in [0.29, 0.717) is 0 Å². The Kier molecular flexibility index (Phi) is 6.36. The number of carbonyl (C=O) groups excluding carboxylic acids is 2. The molecule has 1 aromatic carbocycles. The smallest absolute Gasteiger partial charge is 0.391 e. The van der Waals surface area contributed by atoms with Crippen LogP contribution in [-0.4, -0.2) is 24.0 Å². The molecule has 0 aromatic heterocycles. The van der Waals surface area contributed by atoms with Gasteiger partial charge in [0.2, 0.25) is 0 Å². The van der Waals surface area contributed by atoms with Gasteiger partial charge in [0.1, 0.15) is 11.6 Å². The van der Waals surface area contributed by atoms with Crippen LogP contribution in [0.1, 0.15) is 38.2 Å². The summed E-state index contributed by atoms with van der Waals surface area (Å²) in [5.41, 5.74) is -0.456. The van der Waals surface area contributed by atoms with Crippen molar-refractivity contribution >= 4 is 11.8 Å². The molecule has 8 heteroatoms. The van der Waals surface area contributed by atoms with E-state index in [1.165, 1.54) is 6.92 Å². The number of benzene rings is 1. The van der Waals surface area contributed by atoms with Gasteiger partial charge in [0.15, 0.2) is 11.9 Å². The van der Waals surface area contributed by atoms with E-state index in [0.717, 1.165) is 18.2 Å². The van der Waals surface area contributed by atoms with Crippen molar-refractivity contribution in [3.63, 3.8) is 0 Å². The highest BCUT2D eigenvalue weighted by molar-refractivity contribution is 5.87. The van der Waals surface area contributed by atoms with Crippen molar-refractivity contribution in [1.29, 1.82) is 0 Å². The number of rotatable bonds is 5. The van der Waals surface area contributed by atoms with Gasteiger partial charge in [-0.1, -0.05) is 6.07 Å². The summed E-state index contributed by atoms with van der Waals surface area (Å²) < 4.78 is 69.9. The number of halogens is 5. The molecular formula is C18H19F5O3. The lowest BCUT2D eigenvalue weighted by Gasteiger charge is -2.30. The first kappa shape index (κ1) is 20.3. The second-order valence-corrected chi connectivity index (χ2v) is 6.50. The van der Waals surface area contributed by atoms with Crippen molar-refractivity contribution < 1.29 is 36.3 Å². The Hall–Kier alpha value is -1.99. The van der Waals surface area contributed by atoms with E-state index in [4.69, 9.17) is 4.74 Å². The van der Waals surface area contributed by atoms with Gasteiger partial charge < -0.3 is 4.74 Å². The fraction of sp³-hybridized carbons (Fsp3) is 0.556. The van der Waals surface area contributed by atoms with Gasteiger partial charge in [-0.3, -0.25) is 9.59 Å². The van der Waals surface area contributed by atoms with Crippen molar-refractivity contribution in [2.45, 2.75) is 51.3 Å². The summed E-state index contributed by atoms with van der Waals surface area (Å²) in [5.74, 6) is -5.25. The fourth-order valence-corrected chi connectivity index (χ4v) is 3.18. The highest BCUT2D eigenvalue weighted by Crippen LogP contribution is 2.40. The maximum atomic E-state index is 13.5. The molecule has 1 aromatic rings. The second-order valence-electron chi connectivity index (χ2n) is 6.50. The van der Waals surface area contributed by atoms with Gasteiger partial charge in [-0.15, -0.1) is 0 Å². The number of alkyl halides is 3. The van der Waals surface area contributed by atoms with E-state index in [-0.39, 0.29) is 25.7 Å². The average molecular weight is 378 g/mol. The van der Waals surface area contributed by atoms with Gasteiger partial charge in [0, 0.05) is 11.5 Å². The monoisotopic (exact) mass is 378 g/mol. The van der Waals surface area contributed by atoms with Crippen LogP contribution in [0.3, 0.4) is 0 Å². The van der Waals surface area contributed by atoms with Gasteiger partial charge in [0.05, 0.1) is 12.3 Å². The molecule has 0 amide bonds. The van der Waals surface area contributed by atoms with Gasteiger partial charge in [0.25, 0.3) is 0 Å². The summed E-state index contributed by atoms with van der Waals surface area (Å²) in [5, 5.41) is 0. The molecule has 1 saturated carbocycles. The summed E-state index contributed by atoms with van der Waals surface area (Å²) in [6.07, 6.45) is -6.24. The van der Waals surface area contributed by atoms with Crippen LogP contribution >= 0.6 is 0 Å². The van der Waals surface area contributed by atoms with Crippen LogP contribution in [0.2, 0.25) is 0 Å². The van der Waals surface area contributed by atoms with Gasteiger partial charge in [-0.25, -0.2) is 8.78 Å². The zero-order chi connectivity index (χ0) is 19.5. The highest BCUT2D eigenvalue weighted by atomic mass is 19.4. The lowest BCUT2D eigenvalue weighted by atomic mass is 9.79. The number of hydrogen-bond donors (Lipinski definition) is 0. The van der Waals surface area contributed by atoms with Crippen molar-refractivity contribution in [1.82, 2.24) is 0 Å². The van der Waals surface area contributed by atoms with Crippen LogP contribution in [-0.2, 0) is 20.7 Å². The molecule has 1 aliphatic rings. The normalized spacial score (nSPS) is 21.9. The molecule has 3 nitrogen and oxygen atoms in total. The molecule has 0 aliphatic heterocycles. The number of esters is 1. The molecule has 0 bridgehead atoms. The standard InChI is InChI=1S/C18H19F5O3/c1-10(17(25)11-5-7-12(8-6-11)18(21,22)23)26-16(24)9-13-14(19)3-2-4-15(13)20/h2-4,10-12H,5-9H2,1H3. The van der Waals surface area contributed by atoms with Gasteiger partial charge in [-0.05, 0) is 44.7 Å². The molecule has 2 rings (SSSR count). The number of Topliss-reactive ketones (excluding diaryl/α,β-unsaturated/α-hetero) is 1. The summed E-state index contributed by atoms with van der Waals surface area (Å²) in [4.78, 5) is 24.1. The average Bonchev–Trinajstić information content (AvgIpc) is 2.57. The molecule has 26 heavy (non-hydrogen) atoms. The summed E-state index contributed by atoms with van der Waals surface area (Å²) in [6, 6.07) is 3.15. The van der Waals surface area contributed by atoms with Crippen molar-refractivity contribution in [3.8, 4) is 0 Å². The van der Waals surface area contributed by atoms with Crippen LogP contribution < -0.4 is 0 Å². The zero-order valence-corrected chi connectivity index (χ0v) is 14.1. The first-order chi connectivity index (χ1) is 12.1. The Balaban J connectivity index is 1.88. The number of hydrogen-bond acceptors (Lipinski definition) is 3. The van der Waals surface area contributed by atoms with E-state index in [1.54, 1.807) is 0 Å². The largest absolute Gasteiger partial charge is 0.454 e. The molecule has 1 fully saturated rings. The molecule has 1 atom stereocenters. The lowest BCUT2D eigenvalue weighted by Crippen LogP contribution is -2.35. The van der Waals surface area contributed by atoms with E-state index in [2.05, 4.69) is 0 Å². The van der Waals surface area contributed by atoms with Crippen LogP contribution in [0.15, 0.2) is 18.2 Å². The van der Waals surface area contributed by atoms with Crippen molar-refractivity contribution in [3.05, 3.63) is 35.4 Å². The minimum absolute atomic E-state index is 0.0762. The lowest BCUT2D eigenvalue weighted by molar-refractivity contribution is -0.185. The SMILES string of the molecule is CC(OC(=O)Cc1c(F)cccc1F)C(=O)C1CCC(C(F)(F)F)CC1. The quantitative estimate of drug-likeness (QED) is 0.564. The third kappa shape index (κ3) is 5.02. The molecule has 0 N–H and O–H groups in total. The predicted octanol–water partition coefficient (Wildman–Crippen LogP) is 4.38. The van der Waals surface area contributed by atoms with E-state index in [9.17, 15) is 31.5 Å². The Labute approximate surface area is 147 Å². The molecule has 0 saturated heterocycles. The number of ether oxygens (including phenoxy) is 1. The molecule has 0 radical (unpaired) electrons. The third-order valence-corrected chi connectivity index (χ3v) is 4.68. The first-order valence-electron chi connectivity index (χ1n) is 8.32. The van der Waals surface area contributed by atoms with Crippen LogP contribution in [0.5, 0.6) is 0 Å². The Bertz CT molecular complexity index is 643. The molecule has 0 heterocycles. The van der Waals surface area contributed by atoms with E-state index < -0.39 is 59.5 Å². The molecule has 1 unspecified atom stereocenters. The Morgan fingerprint density at radius 3 is 2.15 bits per heavy atom. The summed E-state index contributed by atoms with van der Waals surface area (Å²) in [6.45, 7) is 1.31. The van der Waals surface area contributed by atoms with Gasteiger partial charge in [-0.2, -0.15) is 13.2 Å². The van der Waals surface area contributed by atoms with E-state index in [1.807, 2.05) is 0 Å². The summed E-state index contributed by atoms with van der Waals surface area (Å²) in [7, 11) is 0. The minimum Gasteiger partial charge on any atom is -0.454 e. The maximum absolute atomic E-state index is 13.5. The maximum Gasteiger partial charge on any atom is 0.391 e. The van der Waals surface area contributed by atoms with Crippen molar-refractivity contribution in [2.75, 3.05) is 0 Å². The number of ketones is 1. The second kappa shape index (κ2) is 8.14. The highest BCUT2D eigenvalue weighted by Gasteiger charge is 2.43. The van der Waals surface area contributed by atoms with Gasteiger partial charge >= 0.3 is 12.1 Å². The molecule has 1 aliphatic carbocycles. The van der Waals surface area contributed by atoms with Crippen LogP contribution in [0.25, 0.3) is 0 Å². The summed E-state index contributed by atoms with van der Waals surface area (Å²) >= 11 is 0. The predicted molar refractivity (Wildman–Crippen MR) is 82.1 cm³/mol. The molecular weight excluding hydrogens is 359 g/mol. The molecule has 0 spiro atoms. The number of carbonyl (C=O) groups is 2. The Morgan fingerprint density at radius 2 is 1.65 bits per heavy atom. The third-order valence-electron chi connectivity index (χ3n) is 4.68. The van der Waals surface area contributed by atoms with Crippen molar-refractivity contribution in [2.24, 2.45) is 11.8 Å². The van der Waals surface area contributed by atoms with Crippen LogP contribution in [0, 0.1) is 23.5 Å².